The van der Waals surface area contributed by atoms with Gasteiger partial charge in [0.1, 0.15) is 0 Å². The summed E-state index contributed by atoms with van der Waals surface area (Å²) in [5.74, 6) is 0.864. The molecule has 1 aliphatic carbocycles. The highest BCUT2D eigenvalue weighted by Gasteiger charge is 2.26. The molecule has 1 aromatic heterocycles. The van der Waals surface area contributed by atoms with Crippen LogP contribution in [-0.2, 0) is 13.0 Å². The quantitative estimate of drug-likeness (QED) is 0.743. The average Bonchev–Trinajstić information content (AvgIpc) is 3.22. The third-order valence-corrected chi connectivity index (χ3v) is 4.56. The van der Waals surface area contributed by atoms with E-state index in [1.54, 1.807) is 0 Å². The van der Waals surface area contributed by atoms with Crippen LogP contribution in [-0.4, -0.2) is 32.2 Å². The summed E-state index contributed by atoms with van der Waals surface area (Å²) >= 11 is 0. The van der Waals surface area contributed by atoms with Crippen LogP contribution in [0.3, 0.4) is 0 Å². The fraction of sp³-hybridized carbons (Fsp3) is 0.278. The fourth-order valence-corrected chi connectivity index (χ4v) is 3.40. The third-order valence-electron chi connectivity index (χ3n) is 4.56. The molecule has 0 radical (unpaired) electrons. The molecule has 4 rings (SSSR count). The predicted octanol–water partition coefficient (Wildman–Crippen LogP) is 2.78. The maximum Gasteiger partial charge on any atom is 0.170 e. The highest BCUT2D eigenvalue weighted by Crippen LogP contribution is 2.35. The molecular formula is C18H19N5. The van der Waals surface area contributed by atoms with E-state index in [-0.39, 0.29) is 0 Å². The lowest BCUT2D eigenvalue weighted by Crippen LogP contribution is -2.24. The second kappa shape index (κ2) is 5.93. The van der Waals surface area contributed by atoms with Crippen LogP contribution in [0, 0.1) is 0 Å². The number of fused-ring (bicyclic) bond motifs is 1. The van der Waals surface area contributed by atoms with Crippen LogP contribution in [0.4, 0.5) is 0 Å². The van der Waals surface area contributed by atoms with Crippen molar-refractivity contribution in [1.29, 1.82) is 0 Å². The molecule has 1 atom stereocenters. The summed E-state index contributed by atoms with van der Waals surface area (Å²) < 4.78 is 1.82. The van der Waals surface area contributed by atoms with Crippen molar-refractivity contribution in [1.82, 2.24) is 25.1 Å². The number of rotatable bonds is 4. The summed E-state index contributed by atoms with van der Waals surface area (Å²) in [7, 11) is 2.15. The van der Waals surface area contributed by atoms with Crippen LogP contribution in [0.5, 0.6) is 0 Å². The monoisotopic (exact) mass is 305 g/mol. The van der Waals surface area contributed by atoms with Crippen molar-refractivity contribution in [3.8, 4) is 5.69 Å². The minimum atomic E-state index is 0.437. The zero-order valence-corrected chi connectivity index (χ0v) is 13.1. The Morgan fingerprint density at radius 3 is 2.74 bits per heavy atom. The Hall–Kier alpha value is -2.53. The fourth-order valence-electron chi connectivity index (χ4n) is 3.40. The van der Waals surface area contributed by atoms with E-state index in [1.165, 1.54) is 11.1 Å². The van der Waals surface area contributed by atoms with Crippen LogP contribution < -0.4 is 0 Å². The molecule has 0 bridgehead atoms. The maximum absolute atomic E-state index is 4.22. The van der Waals surface area contributed by atoms with Gasteiger partial charge >= 0.3 is 0 Å². The number of aromatic nitrogens is 4. The maximum atomic E-state index is 4.22. The number of benzene rings is 2. The van der Waals surface area contributed by atoms with Gasteiger partial charge in [0.15, 0.2) is 5.82 Å². The topological polar surface area (TPSA) is 46.8 Å². The minimum absolute atomic E-state index is 0.437. The average molecular weight is 305 g/mol. The SMILES string of the molecule is CN(Cc1nnnn1-c1ccccc1)C1CCc2ccccc21. The molecule has 116 valence electrons. The normalized spacial score (nSPS) is 16.7. The zero-order valence-electron chi connectivity index (χ0n) is 13.1. The first-order valence-electron chi connectivity index (χ1n) is 7.93. The van der Waals surface area contributed by atoms with Gasteiger partial charge < -0.3 is 0 Å². The molecule has 2 aromatic carbocycles. The van der Waals surface area contributed by atoms with E-state index < -0.39 is 0 Å². The number of hydrogen-bond donors (Lipinski definition) is 0. The van der Waals surface area contributed by atoms with Crippen LogP contribution in [0.1, 0.15) is 29.4 Å². The molecule has 0 amide bonds. The number of hydrogen-bond acceptors (Lipinski definition) is 4. The molecule has 23 heavy (non-hydrogen) atoms. The van der Waals surface area contributed by atoms with Crippen molar-refractivity contribution < 1.29 is 0 Å². The minimum Gasteiger partial charge on any atom is -0.292 e. The van der Waals surface area contributed by atoms with E-state index in [0.717, 1.165) is 30.9 Å². The Bertz CT molecular complexity index is 796. The number of aryl methyl sites for hydroxylation is 1. The van der Waals surface area contributed by atoms with E-state index in [2.05, 4.69) is 51.7 Å². The van der Waals surface area contributed by atoms with Gasteiger partial charge in [-0.1, -0.05) is 42.5 Å². The zero-order chi connectivity index (χ0) is 15.6. The second-order valence-corrected chi connectivity index (χ2v) is 6.01. The summed E-state index contributed by atoms with van der Waals surface area (Å²) in [6.07, 6.45) is 2.30. The molecule has 0 saturated carbocycles. The number of tetrazole rings is 1. The van der Waals surface area contributed by atoms with Gasteiger partial charge in [-0.2, -0.15) is 4.68 Å². The van der Waals surface area contributed by atoms with Crippen molar-refractivity contribution in [2.24, 2.45) is 0 Å². The van der Waals surface area contributed by atoms with E-state index in [0.29, 0.717) is 6.04 Å². The first kappa shape index (κ1) is 14.1. The molecule has 3 aromatic rings. The van der Waals surface area contributed by atoms with E-state index in [1.807, 2.05) is 35.0 Å². The highest BCUT2D eigenvalue weighted by atomic mass is 15.5. The largest absolute Gasteiger partial charge is 0.292 e. The van der Waals surface area contributed by atoms with Gasteiger partial charge in [-0.05, 0) is 53.6 Å². The van der Waals surface area contributed by atoms with E-state index in [4.69, 9.17) is 0 Å². The summed E-state index contributed by atoms with van der Waals surface area (Å²) in [4.78, 5) is 2.34. The van der Waals surface area contributed by atoms with Gasteiger partial charge in [0.2, 0.25) is 0 Å². The Kier molecular flexibility index (Phi) is 3.63. The second-order valence-electron chi connectivity index (χ2n) is 6.01. The number of para-hydroxylation sites is 1. The van der Waals surface area contributed by atoms with Gasteiger partial charge in [-0.15, -0.1) is 5.10 Å². The molecule has 0 spiro atoms. The lowest BCUT2D eigenvalue weighted by atomic mass is 10.1. The first-order valence-corrected chi connectivity index (χ1v) is 7.93. The van der Waals surface area contributed by atoms with Crippen molar-refractivity contribution >= 4 is 0 Å². The van der Waals surface area contributed by atoms with Gasteiger partial charge in [-0.25, -0.2) is 0 Å². The van der Waals surface area contributed by atoms with Crippen molar-refractivity contribution in [3.63, 3.8) is 0 Å². The van der Waals surface area contributed by atoms with Crippen LogP contribution in [0.2, 0.25) is 0 Å². The van der Waals surface area contributed by atoms with Crippen LogP contribution in [0.15, 0.2) is 54.6 Å². The van der Waals surface area contributed by atoms with Gasteiger partial charge in [0.25, 0.3) is 0 Å². The summed E-state index contributed by atoms with van der Waals surface area (Å²) in [6, 6.07) is 19.2. The molecule has 0 N–H and O–H groups in total. The Morgan fingerprint density at radius 2 is 1.87 bits per heavy atom. The van der Waals surface area contributed by atoms with Gasteiger partial charge in [0.05, 0.1) is 12.2 Å². The molecule has 5 nitrogen and oxygen atoms in total. The Labute approximate surface area is 135 Å². The van der Waals surface area contributed by atoms with Crippen molar-refractivity contribution in [3.05, 3.63) is 71.5 Å². The smallest absolute Gasteiger partial charge is 0.170 e. The van der Waals surface area contributed by atoms with Crippen LogP contribution in [0.25, 0.3) is 5.69 Å². The molecule has 1 aliphatic rings. The molecule has 1 unspecified atom stereocenters. The first-order chi connectivity index (χ1) is 11.3. The molecule has 1 heterocycles. The summed E-state index contributed by atoms with van der Waals surface area (Å²) in [6.45, 7) is 0.723. The summed E-state index contributed by atoms with van der Waals surface area (Å²) in [5.41, 5.74) is 3.90. The molecular weight excluding hydrogens is 286 g/mol. The number of nitrogens with zero attached hydrogens (tertiary/aromatic N) is 5. The van der Waals surface area contributed by atoms with E-state index >= 15 is 0 Å². The van der Waals surface area contributed by atoms with Crippen molar-refractivity contribution in [2.75, 3.05) is 7.05 Å². The highest BCUT2D eigenvalue weighted by molar-refractivity contribution is 5.34. The standard InChI is InChI=1S/C18H19N5/c1-22(17-12-11-14-7-5-6-10-16(14)17)13-18-19-20-21-23(18)15-8-3-2-4-9-15/h2-10,17H,11-13H2,1H3. The molecule has 0 saturated heterocycles. The molecule has 0 fully saturated rings. The van der Waals surface area contributed by atoms with Crippen molar-refractivity contribution in [2.45, 2.75) is 25.4 Å². The lowest BCUT2D eigenvalue weighted by Gasteiger charge is -2.24. The molecule has 0 aliphatic heterocycles. The molecule has 5 heteroatoms. The Balaban J connectivity index is 1.57. The third kappa shape index (κ3) is 2.64. The van der Waals surface area contributed by atoms with E-state index in [9.17, 15) is 0 Å². The van der Waals surface area contributed by atoms with Gasteiger partial charge in [-0.3, -0.25) is 4.90 Å². The van der Waals surface area contributed by atoms with Gasteiger partial charge in [0, 0.05) is 6.04 Å². The predicted molar refractivity (Wildman–Crippen MR) is 88.1 cm³/mol. The summed E-state index contributed by atoms with van der Waals surface area (Å²) in [5, 5.41) is 12.2. The lowest BCUT2D eigenvalue weighted by molar-refractivity contribution is 0.228. The van der Waals surface area contributed by atoms with Crippen LogP contribution >= 0.6 is 0 Å². The Morgan fingerprint density at radius 1 is 1.09 bits per heavy atom.